The second-order valence-electron chi connectivity index (χ2n) is 4.51. The molecule has 0 spiro atoms. The van der Waals surface area contributed by atoms with Crippen LogP contribution in [0.25, 0.3) is 0 Å². The molecule has 0 heterocycles. The number of nitrogens with one attached hydrogen (secondary N) is 1. The molecule has 0 amide bonds. The van der Waals surface area contributed by atoms with Gasteiger partial charge in [-0.25, -0.2) is 0 Å². The van der Waals surface area contributed by atoms with Crippen LogP contribution in [0.4, 0.5) is 13.2 Å². The predicted molar refractivity (Wildman–Crippen MR) is 62.9 cm³/mol. The minimum absolute atomic E-state index is 0.110. The van der Waals surface area contributed by atoms with Crippen LogP contribution in [0.15, 0.2) is 30.3 Å². The maximum atomic E-state index is 12.0. The maximum absolute atomic E-state index is 12.0. The van der Waals surface area contributed by atoms with Crippen LogP contribution in [-0.2, 0) is 0 Å². The fourth-order valence-electron chi connectivity index (χ4n) is 1.81. The molecule has 1 rings (SSSR count). The van der Waals surface area contributed by atoms with Gasteiger partial charge in [-0.1, -0.05) is 44.2 Å². The molecular formula is C13H18F3N. The van der Waals surface area contributed by atoms with Crippen molar-refractivity contribution in [2.24, 2.45) is 5.92 Å². The summed E-state index contributed by atoms with van der Waals surface area (Å²) in [6, 6.07) is 9.65. The molecular weight excluding hydrogens is 227 g/mol. The van der Waals surface area contributed by atoms with Crippen molar-refractivity contribution in [1.29, 1.82) is 0 Å². The van der Waals surface area contributed by atoms with Gasteiger partial charge in [0.1, 0.15) is 0 Å². The molecule has 0 saturated heterocycles. The van der Waals surface area contributed by atoms with Crippen LogP contribution in [0, 0.1) is 5.92 Å². The number of rotatable bonds is 5. The first-order valence-electron chi connectivity index (χ1n) is 5.72. The van der Waals surface area contributed by atoms with Crippen LogP contribution in [0.1, 0.15) is 25.3 Å². The molecule has 1 aromatic rings. The summed E-state index contributed by atoms with van der Waals surface area (Å²) in [5, 5.41) is 2.48. The van der Waals surface area contributed by atoms with Crippen molar-refractivity contribution in [2.45, 2.75) is 25.9 Å². The van der Waals surface area contributed by atoms with Crippen molar-refractivity contribution in [2.75, 3.05) is 13.1 Å². The van der Waals surface area contributed by atoms with E-state index in [-0.39, 0.29) is 5.92 Å². The van der Waals surface area contributed by atoms with Crippen molar-refractivity contribution < 1.29 is 13.2 Å². The molecule has 1 unspecified atom stereocenters. The molecule has 1 N–H and O–H groups in total. The van der Waals surface area contributed by atoms with Gasteiger partial charge in [0.05, 0.1) is 6.54 Å². The fourth-order valence-corrected chi connectivity index (χ4v) is 1.81. The third-order valence-electron chi connectivity index (χ3n) is 2.72. The Hall–Kier alpha value is -1.03. The third kappa shape index (κ3) is 5.22. The van der Waals surface area contributed by atoms with Gasteiger partial charge in [-0.2, -0.15) is 13.2 Å². The monoisotopic (exact) mass is 245 g/mol. The van der Waals surface area contributed by atoms with E-state index in [9.17, 15) is 13.2 Å². The second-order valence-corrected chi connectivity index (χ2v) is 4.51. The van der Waals surface area contributed by atoms with Crippen LogP contribution in [0.5, 0.6) is 0 Å². The lowest BCUT2D eigenvalue weighted by Gasteiger charge is -2.22. The lowest BCUT2D eigenvalue weighted by atomic mass is 9.88. The maximum Gasteiger partial charge on any atom is 0.401 e. The van der Waals surface area contributed by atoms with Crippen molar-refractivity contribution in [3.63, 3.8) is 0 Å². The number of hydrogen-bond donors (Lipinski definition) is 1. The minimum atomic E-state index is -4.14. The molecule has 0 fully saturated rings. The van der Waals surface area contributed by atoms with Gasteiger partial charge in [0, 0.05) is 6.54 Å². The molecule has 0 aliphatic heterocycles. The largest absolute Gasteiger partial charge is 0.401 e. The smallest absolute Gasteiger partial charge is 0.308 e. The number of halogens is 3. The van der Waals surface area contributed by atoms with E-state index in [0.717, 1.165) is 5.56 Å². The van der Waals surface area contributed by atoms with Crippen LogP contribution < -0.4 is 5.32 Å². The Balaban J connectivity index is 2.57. The zero-order valence-electron chi connectivity index (χ0n) is 10.1. The summed E-state index contributed by atoms with van der Waals surface area (Å²) in [6.45, 7) is 3.46. The Kier molecular flexibility index (Phi) is 5.00. The molecule has 17 heavy (non-hydrogen) atoms. The molecule has 0 saturated carbocycles. The van der Waals surface area contributed by atoms with Crippen LogP contribution in [0.3, 0.4) is 0 Å². The van der Waals surface area contributed by atoms with Gasteiger partial charge in [0.15, 0.2) is 0 Å². The average Bonchev–Trinajstić information content (AvgIpc) is 2.23. The van der Waals surface area contributed by atoms with Gasteiger partial charge in [-0.05, 0) is 17.4 Å². The van der Waals surface area contributed by atoms with E-state index in [1.807, 2.05) is 44.2 Å². The van der Waals surface area contributed by atoms with Gasteiger partial charge >= 0.3 is 6.18 Å². The molecule has 0 radical (unpaired) electrons. The Morgan fingerprint density at radius 3 is 2.18 bits per heavy atom. The van der Waals surface area contributed by atoms with Crippen molar-refractivity contribution >= 4 is 0 Å². The third-order valence-corrected chi connectivity index (χ3v) is 2.72. The van der Waals surface area contributed by atoms with E-state index >= 15 is 0 Å². The standard InChI is InChI=1S/C13H18F3N/c1-10(2)12(8-17-9-13(14,15)16)11-6-4-3-5-7-11/h3-7,10,12,17H,8-9H2,1-2H3. The number of alkyl halides is 3. The van der Waals surface area contributed by atoms with E-state index in [0.29, 0.717) is 12.5 Å². The summed E-state index contributed by atoms with van der Waals surface area (Å²) < 4.78 is 36.1. The number of benzene rings is 1. The Bertz CT molecular complexity index is 319. The highest BCUT2D eigenvalue weighted by molar-refractivity contribution is 5.20. The van der Waals surface area contributed by atoms with E-state index in [4.69, 9.17) is 0 Å². The van der Waals surface area contributed by atoms with Gasteiger partial charge < -0.3 is 5.32 Å². The zero-order valence-corrected chi connectivity index (χ0v) is 10.1. The molecule has 96 valence electrons. The zero-order chi connectivity index (χ0) is 12.9. The molecule has 1 atom stereocenters. The lowest BCUT2D eigenvalue weighted by Crippen LogP contribution is -2.33. The average molecular weight is 245 g/mol. The molecule has 0 aliphatic carbocycles. The first-order valence-corrected chi connectivity index (χ1v) is 5.72. The molecule has 1 nitrogen and oxygen atoms in total. The van der Waals surface area contributed by atoms with E-state index in [1.165, 1.54) is 0 Å². The summed E-state index contributed by atoms with van der Waals surface area (Å²) in [4.78, 5) is 0. The minimum Gasteiger partial charge on any atom is -0.308 e. The van der Waals surface area contributed by atoms with Crippen molar-refractivity contribution in [1.82, 2.24) is 5.32 Å². The highest BCUT2D eigenvalue weighted by atomic mass is 19.4. The first kappa shape index (κ1) is 14.0. The summed E-state index contributed by atoms with van der Waals surface area (Å²) >= 11 is 0. The van der Waals surface area contributed by atoms with E-state index in [1.54, 1.807) is 0 Å². The van der Waals surface area contributed by atoms with Crippen molar-refractivity contribution in [3.8, 4) is 0 Å². The van der Waals surface area contributed by atoms with Crippen LogP contribution in [0.2, 0.25) is 0 Å². The SMILES string of the molecule is CC(C)C(CNCC(F)(F)F)c1ccccc1. The quantitative estimate of drug-likeness (QED) is 0.836. The molecule has 0 bridgehead atoms. The highest BCUT2D eigenvalue weighted by Crippen LogP contribution is 2.23. The molecule has 0 aromatic heterocycles. The first-order chi connectivity index (χ1) is 7.90. The predicted octanol–water partition coefficient (Wildman–Crippen LogP) is 3.58. The topological polar surface area (TPSA) is 12.0 Å². The van der Waals surface area contributed by atoms with Gasteiger partial charge in [-0.3, -0.25) is 0 Å². The summed E-state index contributed by atoms with van der Waals surface area (Å²) in [5.41, 5.74) is 1.08. The Labute approximate surface area is 100 Å². The van der Waals surface area contributed by atoms with Gasteiger partial charge in [0.2, 0.25) is 0 Å². The summed E-state index contributed by atoms with van der Waals surface area (Å²) in [5.74, 6) is 0.414. The molecule has 0 aliphatic rings. The fraction of sp³-hybridized carbons (Fsp3) is 0.538. The normalized spacial score (nSPS) is 14.0. The molecule has 4 heteroatoms. The Morgan fingerprint density at radius 1 is 1.12 bits per heavy atom. The highest BCUT2D eigenvalue weighted by Gasteiger charge is 2.27. The second kappa shape index (κ2) is 6.05. The summed E-state index contributed by atoms with van der Waals surface area (Å²) in [7, 11) is 0. The van der Waals surface area contributed by atoms with Gasteiger partial charge in [0.25, 0.3) is 0 Å². The molecule has 1 aromatic carbocycles. The van der Waals surface area contributed by atoms with E-state index in [2.05, 4.69) is 5.32 Å². The van der Waals surface area contributed by atoms with Crippen LogP contribution >= 0.6 is 0 Å². The van der Waals surface area contributed by atoms with Crippen LogP contribution in [-0.4, -0.2) is 19.3 Å². The Morgan fingerprint density at radius 2 is 1.71 bits per heavy atom. The summed E-state index contributed by atoms with van der Waals surface area (Å²) in [6.07, 6.45) is -4.14. The van der Waals surface area contributed by atoms with Crippen molar-refractivity contribution in [3.05, 3.63) is 35.9 Å². The number of hydrogen-bond acceptors (Lipinski definition) is 1. The lowest BCUT2D eigenvalue weighted by molar-refractivity contribution is -0.124. The van der Waals surface area contributed by atoms with Gasteiger partial charge in [-0.15, -0.1) is 0 Å². The van der Waals surface area contributed by atoms with E-state index < -0.39 is 12.7 Å².